The Morgan fingerprint density at radius 1 is 0.853 bits per heavy atom. The van der Waals surface area contributed by atoms with Crippen molar-refractivity contribution in [3.05, 3.63) is 102 Å². The molecular formula is C27H30O6S. The fourth-order valence-electron chi connectivity index (χ4n) is 3.80. The Hall–Kier alpha value is -2.55. The molecule has 1 aliphatic heterocycles. The molecule has 6 nitrogen and oxygen atoms in total. The Morgan fingerprint density at radius 3 is 2.12 bits per heavy atom. The average molecular weight is 483 g/mol. The normalized spacial score (nSPS) is 20.8. The van der Waals surface area contributed by atoms with Crippen molar-refractivity contribution in [2.45, 2.75) is 49.8 Å². The number of hydrogen-bond donors (Lipinski definition) is 0. The molecule has 0 saturated carbocycles. The minimum absolute atomic E-state index is 0.133. The Kier molecular flexibility index (Phi) is 8.48. The van der Waals surface area contributed by atoms with Crippen molar-refractivity contribution in [1.29, 1.82) is 0 Å². The Bertz CT molecular complexity index is 1120. The predicted octanol–water partition coefficient (Wildman–Crippen LogP) is 4.66. The second-order valence-electron chi connectivity index (χ2n) is 8.43. The van der Waals surface area contributed by atoms with Crippen molar-refractivity contribution >= 4 is 10.1 Å². The van der Waals surface area contributed by atoms with Crippen LogP contribution >= 0.6 is 0 Å². The topological polar surface area (TPSA) is 71.1 Å². The van der Waals surface area contributed by atoms with Crippen LogP contribution in [0.15, 0.2) is 89.8 Å². The van der Waals surface area contributed by atoms with E-state index in [9.17, 15) is 8.42 Å². The van der Waals surface area contributed by atoms with Crippen molar-refractivity contribution in [2.75, 3.05) is 13.2 Å². The molecule has 0 amide bonds. The zero-order valence-electron chi connectivity index (χ0n) is 19.2. The van der Waals surface area contributed by atoms with Crippen molar-refractivity contribution in [2.24, 2.45) is 0 Å². The zero-order valence-corrected chi connectivity index (χ0v) is 20.0. The van der Waals surface area contributed by atoms with Gasteiger partial charge in [-0.2, -0.15) is 8.42 Å². The molecule has 180 valence electrons. The molecule has 4 rings (SSSR count). The van der Waals surface area contributed by atoms with Gasteiger partial charge in [0.2, 0.25) is 0 Å². The van der Waals surface area contributed by atoms with Crippen LogP contribution in [-0.2, 0) is 41.7 Å². The minimum atomic E-state index is -3.90. The third-order valence-electron chi connectivity index (χ3n) is 5.68. The summed E-state index contributed by atoms with van der Waals surface area (Å²) in [6, 6.07) is 26.4. The highest BCUT2D eigenvalue weighted by molar-refractivity contribution is 7.86. The van der Waals surface area contributed by atoms with Gasteiger partial charge in [-0.05, 0) is 30.2 Å². The quantitative estimate of drug-likeness (QED) is 0.392. The van der Waals surface area contributed by atoms with E-state index in [1.807, 2.05) is 67.6 Å². The van der Waals surface area contributed by atoms with E-state index >= 15 is 0 Å². The lowest BCUT2D eigenvalue weighted by Gasteiger charge is -2.35. The standard InChI is InChI=1S/C27H30O6S/c1-21-12-14-25(15-13-21)34(28,29)33-24-16-26(31-18-23-10-6-3-7-11-23)27(32-19-24)20-30-17-22-8-4-2-5-9-22/h2-15,24,26-27H,16-20H2,1H3/t24-,26-,27+/m0/s1. The lowest BCUT2D eigenvalue weighted by molar-refractivity contribution is -0.163. The summed E-state index contributed by atoms with van der Waals surface area (Å²) < 4.78 is 49.1. The average Bonchev–Trinajstić information content (AvgIpc) is 2.85. The van der Waals surface area contributed by atoms with Crippen LogP contribution in [0.5, 0.6) is 0 Å². The second-order valence-corrected chi connectivity index (χ2v) is 10.0. The molecule has 3 aromatic rings. The maximum Gasteiger partial charge on any atom is 0.297 e. The highest BCUT2D eigenvalue weighted by Crippen LogP contribution is 2.25. The van der Waals surface area contributed by atoms with Crippen LogP contribution in [0.3, 0.4) is 0 Å². The van der Waals surface area contributed by atoms with Crippen molar-refractivity contribution in [3.8, 4) is 0 Å². The summed E-state index contributed by atoms with van der Waals surface area (Å²) in [4.78, 5) is 0.133. The molecule has 0 N–H and O–H groups in total. The largest absolute Gasteiger partial charge is 0.374 e. The molecule has 1 aliphatic rings. The monoisotopic (exact) mass is 482 g/mol. The van der Waals surface area contributed by atoms with Gasteiger partial charge in [-0.25, -0.2) is 0 Å². The molecule has 3 atom stereocenters. The molecule has 0 radical (unpaired) electrons. The maximum absolute atomic E-state index is 12.8. The van der Waals surface area contributed by atoms with Crippen molar-refractivity contribution in [3.63, 3.8) is 0 Å². The number of rotatable bonds is 10. The number of aryl methyl sites for hydroxylation is 1. The highest BCUT2D eigenvalue weighted by Gasteiger charge is 2.35. The summed E-state index contributed by atoms with van der Waals surface area (Å²) in [5, 5.41) is 0. The van der Waals surface area contributed by atoms with E-state index in [-0.39, 0.29) is 23.7 Å². The molecule has 1 fully saturated rings. The van der Waals surface area contributed by atoms with E-state index in [0.29, 0.717) is 26.2 Å². The molecule has 0 aliphatic carbocycles. The Labute approximate surface area is 201 Å². The molecule has 7 heteroatoms. The van der Waals surface area contributed by atoms with Gasteiger partial charge in [-0.3, -0.25) is 4.18 Å². The molecule has 0 aromatic heterocycles. The Morgan fingerprint density at radius 2 is 1.47 bits per heavy atom. The number of ether oxygens (including phenoxy) is 3. The van der Waals surface area contributed by atoms with Crippen LogP contribution < -0.4 is 0 Å². The van der Waals surface area contributed by atoms with Gasteiger partial charge in [0.15, 0.2) is 0 Å². The van der Waals surface area contributed by atoms with Crippen LogP contribution in [0.2, 0.25) is 0 Å². The van der Waals surface area contributed by atoms with Crippen molar-refractivity contribution < 1.29 is 26.8 Å². The van der Waals surface area contributed by atoms with E-state index in [2.05, 4.69) is 0 Å². The van der Waals surface area contributed by atoms with E-state index in [1.165, 1.54) is 0 Å². The Balaban J connectivity index is 1.39. The van der Waals surface area contributed by atoms with Gasteiger partial charge >= 0.3 is 0 Å². The summed E-state index contributed by atoms with van der Waals surface area (Å²) in [5.74, 6) is 0. The van der Waals surface area contributed by atoms with Gasteiger partial charge in [0, 0.05) is 6.42 Å². The van der Waals surface area contributed by atoms with E-state index in [0.717, 1.165) is 16.7 Å². The smallest absolute Gasteiger partial charge is 0.297 e. The van der Waals surface area contributed by atoms with Gasteiger partial charge in [-0.15, -0.1) is 0 Å². The maximum atomic E-state index is 12.8. The van der Waals surface area contributed by atoms with E-state index < -0.39 is 16.2 Å². The van der Waals surface area contributed by atoms with Crippen molar-refractivity contribution in [1.82, 2.24) is 0 Å². The SMILES string of the molecule is Cc1ccc(S(=O)(=O)O[C@@H]2CO[C@H](COCc3ccccc3)[C@@H](OCc3ccccc3)C2)cc1. The molecule has 3 aromatic carbocycles. The van der Waals surface area contributed by atoms with Crippen LogP contribution in [-0.4, -0.2) is 39.9 Å². The summed E-state index contributed by atoms with van der Waals surface area (Å²) >= 11 is 0. The lowest BCUT2D eigenvalue weighted by atomic mass is 10.0. The summed E-state index contributed by atoms with van der Waals surface area (Å²) in [6.07, 6.45) is -0.952. The van der Waals surface area contributed by atoms with Gasteiger partial charge < -0.3 is 14.2 Å². The van der Waals surface area contributed by atoms with E-state index in [1.54, 1.807) is 24.3 Å². The molecule has 1 heterocycles. The first-order chi connectivity index (χ1) is 16.5. The molecule has 0 spiro atoms. The van der Waals surface area contributed by atoms with Crippen LogP contribution in [0.1, 0.15) is 23.1 Å². The van der Waals surface area contributed by atoms with Crippen LogP contribution in [0.4, 0.5) is 0 Å². The third kappa shape index (κ3) is 6.98. The predicted molar refractivity (Wildman–Crippen MR) is 129 cm³/mol. The first-order valence-corrected chi connectivity index (χ1v) is 12.8. The van der Waals surface area contributed by atoms with E-state index in [4.69, 9.17) is 18.4 Å². The molecule has 0 bridgehead atoms. The second kappa shape index (κ2) is 11.7. The molecule has 34 heavy (non-hydrogen) atoms. The minimum Gasteiger partial charge on any atom is -0.374 e. The first-order valence-electron chi connectivity index (χ1n) is 11.4. The first kappa shape index (κ1) is 24.6. The summed E-state index contributed by atoms with van der Waals surface area (Å²) in [6.45, 7) is 3.25. The molecule has 0 unspecified atom stereocenters. The summed E-state index contributed by atoms with van der Waals surface area (Å²) in [7, 11) is -3.90. The highest BCUT2D eigenvalue weighted by atomic mass is 32.2. The van der Waals surface area contributed by atoms with Gasteiger partial charge in [0.05, 0.1) is 37.4 Å². The van der Waals surface area contributed by atoms with Crippen LogP contribution in [0.25, 0.3) is 0 Å². The fourth-order valence-corrected chi connectivity index (χ4v) is 4.87. The van der Waals surface area contributed by atoms with Gasteiger partial charge in [0.1, 0.15) is 12.2 Å². The summed E-state index contributed by atoms with van der Waals surface area (Å²) in [5.41, 5.74) is 3.08. The molecular weight excluding hydrogens is 452 g/mol. The van der Waals surface area contributed by atoms with Crippen LogP contribution in [0, 0.1) is 6.92 Å². The lowest BCUT2D eigenvalue weighted by Crippen LogP contribution is -2.46. The van der Waals surface area contributed by atoms with Gasteiger partial charge in [-0.1, -0.05) is 78.4 Å². The fraction of sp³-hybridized carbons (Fsp3) is 0.333. The number of hydrogen-bond acceptors (Lipinski definition) is 6. The molecule has 1 saturated heterocycles. The van der Waals surface area contributed by atoms with Gasteiger partial charge in [0.25, 0.3) is 10.1 Å². The number of benzene rings is 3. The zero-order chi connectivity index (χ0) is 23.8. The third-order valence-corrected chi connectivity index (χ3v) is 7.05.